The standard InChI is InChI=1S/C14H23N3O4/c1-3-21-13(19)11-8-16-17(2)12(11)9-15-14(10-18)4-6-20-7-5-14/h8,15,18H,3-7,9-10H2,1-2H3. The molecule has 21 heavy (non-hydrogen) atoms. The van der Waals surface area contributed by atoms with E-state index in [9.17, 15) is 9.90 Å². The number of ether oxygens (including phenoxy) is 2. The third kappa shape index (κ3) is 3.61. The minimum Gasteiger partial charge on any atom is -0.462 e. The van der Waals surface area contributed by atoms with Gasteiger partial charge < -0.3 is 19.9 Å². The normalized spacial score (nSPS) is 17.7. The maximum Gasteiger partial charge on any atom is 0.341 e. The van der Waals surface area contributed by atoms with E-state index < -0.39 is 0 Å². The van der Waals surface area contributed by atoms with E-state index in [1.807, 2.05) is 0 Å². The summed E-state index contributed by atoms with van der Waals surface area (Å²) in [5.41, 5.74) is 0.869. The molecular weight excluding hydrogens is 274 g/mol. The predicted octanol–water partition coefficient (Wildman–Crippen LogP) is 0.228. The maximum atomic E-state index is 11.9. The fourth-order valence-corrected chi connectivity index (χ4v) is 2.48. The first-order valence-corrected chi connectivity index (χ1v) is 7.23. The molecule has 1 aromatic heterocycles. The molecule has 0 spiro atoms. The largest absolute Gasteiger partial charge is 0.462 e. The van der Waals surface area contributed by atoms with Crippen LogP contribution in [-0.2, 0) is 23.1 Å². The summed E-state index contributed by atoms with van der Waals surface area (Å²) in [5.74, 6) is -0.368. The second-order valence-corrected chi connectivity index (χ2v) is 5.25. The Hall–Kier alpha value is -1.44. The van der Waals surface area contributed by atoms with E-state index in [0.717, 1.165) is 18.5 Å². The second kappa shape index (κ2) is 7.02. The highest BCUT2D eigenvalue weighted by molar-refractivity contribution is 5.90. The van der Waals surface area contributed by atoms with Gasteiger partial charge in [-0.3, -0.25) is 4.68 Å². The molecule has 2 rings (SSSR count). The van der Waals surface area contributed by atoms with Crippen molar-refractivity contribution in [2.75, 3.05) is 26.4 Å². The summed E-state index contributed by atoms with van der Waals surface area (Å²) in [7, 11) is 1.79. The Morgan fingerprint density at radius 1 is 1.57 bits per heavy atom. The molecule has 7 heteroatoms. The molecule has 0 amide bonds. The van der Waals surface area contributed by atoms with Gasteiger partial charge in [-0.2, -0.15) is 5.10 Å². The van der Waals surface area contributed by atoms with Crippen LogP contribution in [0.5, 0.6) is 0 Å². The van der Waals surface area contributed by atoms with Crippen LogP contribution in [-0.4, -0.2) is 52.8 Å². The first-order valence-electron chi connectivity index (χ1n) is 7.23. The van der Waals surface area contributed by atoms with Crippen molar-refractivity contribution in [3.8, 4) is 0 Å². The van der Waals surface area contributed by atoms with Crippen molar-refractivity contribution in [2.24, 2.45) is 7.05 Å². The zero-order valence-electron chi connectivity index (χ0n) is 12.6. The van der Waals surface area contributed by atoms with E-state index in [-0.39, 0.29) is 18.1 Å². The summed E-state index contributed by atoms with van der Waals surface area (Å²) < 4.78 is 12.0. The van der Waals surface area contributed by atoms with Gasteiger partial charge in [0, 0.05) is 32.3 Å². The topological polar surface area (TPSA) is 85.6 Å². The van der Waals surface area contributed by atoms with E-state index in [4.69, 9.17) is 9.47 Å². The summed E-state index contributed by atoms with van der Waals surface area (Å²) in [6, 6.07) is 0. The number of carbonyl (C=O) groups excluding carboxylic acids is 1. The molecule has 1 saturated heterocycles. The highest BCUT2D eigenvalue weighted by Gasteiger charge is 2.32. The van der Waals surface area contributed by atoms with Crippen molar-refractivity contribution < 1.29 is 19.4 Å². The molecule has 0 radical (unpaired) electrons. The lowest BCUT2D eigenvalue weighted by molar-refractivity contribution is 0.0108. The van der Waals surface area contributed by atoms with Gasteiger partial charge in [-0.1, -0.05) is 0 Å². The van der Waals surface area contributed by atoms with Crippen LogP contribution in [0.2, 0.25) is 0 Å². The Labute approximate surface area is 124 Å². The number of aliphatic hydroxyl groups is 1. The number of aliphatic hydroxyl groups excluding tert-OH is 1. The van der Waals surface area contributed by atoms with Crippen molar-refractivity contribution in [1.29, 1.82) is 0 Å². The number of aromatic nitrogens is 2. The lowest BCUT2D eigenvalue weighted by Gasteiger charge is -2.36. The quantitative estimate of drug-likeness (QED) is 0.731. The molecule has 118 valence electrons. The van der Waals surface area contributed by atoms with Crippen LogP contribution in [0, 0.1) is 0 Å². The van der Waals surface area contributed by atoms with Crippen molar-refractivity contribution in [3.63, 3.8) is 0 Å². The van der Waals surface area contributed by atoms with Gasteiger partial charge in [-0.25, -0.2) is 4.79 Å². The average molecular weight is 297 g/mol. The van der Waals surface area contributed by atoms with Gasteiger partial charge >= 0.3 is 5.97 Å². The number of rotatable bonds is 6. The number of nitrogens with zero attached hydrogens (tertiary/aromatic N) is 2. The number of hydrogen-bond donors (Lipinski definition) is 2. The number of carbonyl (C=O) groups is 1. The first-order chi connectivity index (χ1) is 10.1. The molecule has 1 aliphatic heterocycles. The Bertz CT molecular complexity index is 481. The molecule has 0 bridgehead atoms. The third-order valence-electron chi connectivity index (χ3n) is 3.94. The summed E-state index contributed by atoms with van der Waals surface area (Å²) >= 11 is 0. The SMILES string of the molecule is CCOC(=O)c1cnn(C)c1CNC1(CO)CCOCC1. The Morgan fingerprint density at radius 3 is 2.90 bits per heavy atom. The summed E-state index contributed by atoms with van der Waals surface area (Å²) in [6.45, 7) is 3.86. The molecule has 2 heterocycles. The summed E-state index contributed by atoms with van der Waals surface area (Å²) in [4.78, 5) is 11.9. The van der Waals surface area contributed by atoms with Gasteiger partial charge in [-0.05, 0) is 19.8 Å². The van der Waals surface area contributed by atoms with Crippen LogP contribution < -0.4 is 5.32 Å². The van der Waals surface area contributed by atoms with E-state index >= 15 is 0 Å². The average Bonchev–Trinajstić information content (AvgIpc) is 2.87. The van der Waals surface area contributed by atoms with E-state index in [0.29, 0.717) is 31.9 Å². The molecule has 0 atom stereocenters. The lowest BCUT2D eigenvalue weighted by Crippen LogP contribution is -2.52. The van der Waals surface area contributed by atoms with Gasteiger partial charge in [0.2, 0.25) is 0 Å². The summed E-state index contributed by atoms with van der Waals surface area (Å²) in [6.07, 6.45) is 3.01. The fourth-order valence-electron chi connectivity index (χ4n) is 2.48. The van der Waals surface area contributed by atoms with Crippen LogP contribution in [0.3, 0.4) is 0 Å². The maximum absolute atomic E-state index is 11.9. The molecule has 0 unspecified atom stereocenters. The molecular formula is C14H23N3O4. The smallest absolute Gasteiger partial charge is 0.341 e. The van der Waals surface area contributed by atoms with Crippen LogP contribution in [0.25, 0.3) is 0 Å². The lowest BCUT2D eigenvalue weighted by atomic mass is 9.91. The molecule has 1 aliphatic rings. The highest BCUT2D eigenvalue weighted by atomic mass is 16.5. The number of hydrogen-bond acceptors (Lipinski definition) is 6. The Morgan fingerprint density at radius 2 is 2.29 bits per heavy atom. The van der Waals surface area contributed by atoms with Crippen molar-refractivity contribution >= 4 is 5.97 Å². The molecule has 7 nitrogen and oxygen atoms in total. The molecule has 0 aliphatic carbocycles. The minimum absolute atomic E-state index is 0.0446. The van der Waals surface area contributed by atoms with E-state index in [2.05, 4.69) is 10.4 Å². The van der Waals surface area contributed by atoms with Crippen molar-refractivity contribution in [2.45, 2.75) is 31.8 Å². The van der Waals surface area contributed by atoms with Crippen molar-refractivity contribution in [1.82, 2.24) is 15.1 Å². The van der Waals surface area contributed by atoms with Gasteiger partial charge in [0.1, 0.15) is 5.56 Å². The number of nitrogens with one attached hydrogen (secondary N) is 1. The van der Waals surface area contributed by atoms with E-state index in [1.54, 1.807) is 18.7 Å². The number of esters is 1. The first kappa shape index (κ1) is 15.9. The second-order valence-electron chi connectivity index (χ2n) is 5.25. The molecule has 1 fully saturated rings. The Balaban J connectivity index is 2.08. The van der Waals surface area contributed by atoms with Gasteiger partial charge in [-0.15, -0.1) is 0 Å². The molecule has 1 aromatic rings. The summed E-state index contributed by atoms with van der Waals surface area (Å²) in [5, 5.41) is 17.2. The van der Waals surface area contributed by atoms with Crippen LogP contribution in [0.4, 0.5) is 0 Å². The van der Waals surface area contributed by atoms with Crippen molar-refractivity contribution in [3.05, 3.63) is 17.5 Å². The van der Waals surface area contributed by atoms with E-state index in [1.165, 1.54) is 6.20 Å². The van der Waals surface area contributed by atoms with Gasteiger partial charge in [0.05, 0.1) is 25.1 Å². The Kier molecular flexibility index (Phi) is 5.33. The molecule has 2 N–H and O–H groups in total. The predicted molar refractivity (Wildman–Crippen MR) is 75.9 cm³/mol. The van der Waals surface area contributed by atoms with Crippen LogP contribution in [0.1, 0.15) is 35.8 Å². The zero-order chi connectivity index (χ0) is 15.3. The highest BCUT2D eigenvalue weighted by Crippen LogP contribution is 2.21. The number of aryl methyl sites for hydroxylation is 1. The minimum atomic E-state index is -0.368. The van der Waals surface area contributed by atoms with Gasteiger partial charge in [0.25, 0.3) is 0 Å². The van der Waals surface area contributed by atoms with Crippen LogP contribution in [0.15, 0.2) is 6.20 Å². The monoisotopic (exact) mass is 297 g/mol. The molecule has 0 aromatic carbocycles. The third-order valence-corrected chi connectivity index (χ3v) is 3.94. The molecule has 0 saturated carbocycles. The van der Waals surface area contributed by atoms with Gasteiger partial charge in [0.15, 0.2) is 0 Å². The zero-order valence-corrected chi connectivity index (χ0v) is 12.6. The fraction of sp³-hybridized carbons (Fsp3) is 0.714. The van der Waals surface area contributed by atoms with Crippen LogP contribution >= 0.6 is 0 Å².